The lowest BCUT2D eigenvalue weighted by atomic mass is 9.73. The zero-order valence-corrected chi connectivity index (χ0v) is 39.6. The molecule has 4 saturated heterocycles. The molecule has 4 heterocycles. The van der Waals surface area contributed by atoms with Gasteiger partial charge in [-0.25, -0.2) is 4.79 Å². The van der Waals surface area contributed by atoms with Crippen molar-refractivity contribution in [3.63, 3.8) is 0 Å². The summed E-state index contributed by atoms with van der Waals surface area (Å²) in [6.45, 7) is 24.4. The second kappa shape index (κ2) is 20.8. The van der Waals surface area contributed by atoms with E-state index in [0.29, 0.717) is 6.42 Å². The van der Waals surface area contributed by atoms with Gasteiger partial charge in [0.25, 0.3) is 0 Å². The summed E-state index contributed by atoms with van der Waals surface area (Å²) in [7, 11) is 5.29. The highest BCUT2D eigenvalue weighted by molar-refractivity contribution is 5.85. The molecule has 4 fully saturated rings. The van der Waals surface area contributed by atoms with Crippen molar-refractivity contribution >= 4 is 29.8 Å². The van der Waals surface area contributed by atoms with Gasteiger partial charge in [0.15, 0.2) is 30.4 Å². The molecule has 18 atom stereocenters. The van der Waals surface area contributed by atoms with Crippen molar-refractivity contribution in [2.75, 3.05) is 27.8 Å². The molecule has 4 rings (SSSR count). The summed E-state index contributed by atoms with van der Waals surface area (Å²) in [5.41, 5.74) is -3.82. The number of cyclic esters (lactones) is 1. The third kappa shape index (κ3) is 11.2. The van der Waals surface area contributed by atoms with Crippen LogP contribution in [0.2, 0.25) is 0 Å². The Labute approximate surface area is 367 Å². The Kier molecular flexibility index (Phi) is 17.2. The number of carbonyl (C=O) groups is 5. The zero-order chi connectivity index (χ0) is 46.6. The van der Waals surface area contributed by atoms with Crippen LogP contribution in [0.15, 0.2) is 12.7 Å². The van der Waals surface area contributed by atoms with Gasteiger partial charge in [-0.2, -0.15) is 0 Å². The smallest absolute Gasteiger partial charge is 0.408 e. The van der Waals surface area contributed by atoms with E-state index >= 15 is 0 Å². The molecule has 4 aliphatic heterocycles. The minimum Gasteiger partial charge on any atom is -0.458 e. The minimum atomic E-state index is -1.41. The van der Waals surface area contributed by atoms with E-state index in [-0.39, 0.29) is 43.8 Å². The number of fused-ring (bicyclic) bond motifs is 1. The van der Waals surface area contributed by atoms with Gasteiger partial charge in [-0.1, -0.05) is 33.8 Å². The Hall–Kier alpha value is -3.19. The Morgan fingerprint density at radius 3 is 2.10 bits per heavy atom. The largest absolute Gasteiger partial charge is 0.458 e. The van der Waals surface area contributed by atoms with Gasteiger partial charge in [0.2, 0.25) is 0 Å². The number of carbonyl (C=O) groups excluding carboxylic acids is 5. The minimum absolute atomic E-state index is 0.0496. The van der Waals surface area contributed by atoms with Crippen LogP contribution in [0.25, 0.3) is 0 Å². The lowest BCUT2D eigenvalue weighted by Gasteiger charge is -2.50. The number of hydrogen-bond donors (Lipinski definition) is 1. The second-order valence-electron chi connectivity index (χ2n) is 18.7. The summed E-state index contributed by atoms with van der Waals surface area (Å²) in [5.74, 6) is -5.18. The SMILES string of the molecule is C=CCO[C@@]1(C)C[C@@H](C)C(=O)[C@H](C)[C@H]2NC(=O)O[C@]2(C)[C@@H](CC)OC(=O)[C@H](C)[C@@H](O[C@H]2C[C@@](C)(OC)[C@@H](OC(C)=O)[C@H](C)O2)[C@H](C)[C@H]1O[C@@H]1O[C@H](C)C[C@H](N(C)C)[C@H]1OC(C)=O. The highest BCUT2D eigenvalue weighted by Gasteiger charge is 2.58. The Morgan fingerprint density at radius 1 is 0.887 bits per heavy atom. The molecule has 17 nitrogen and oxygen atoms in total. The summed E-state index contributed by atoms with van der Waals surface area (Å²) >= 11 is 0. The van der Waals surface area contributed by atoms with Crippen LogP contribution in [0.4, 0.5) is 4.79 Å². The van der Waals surface area contributed by atoms with E-state index in [0.717, 1.165) is 0 Å². The summed E-state index contributed by atoms with van der Waals surface area (Å²) < 4.78 is 63.6. The topological polar surface area (TPSA) is 193 Å². The van der Waals surface area contributed by atoms with Gasteiger partial charge >= 0.3 is 24.0 Å². The maximum atomic E-state index is 14.7. The van der Waals surface area contributed by atoms with Gasteiger partial charge < -0.3 is 57.6 Å². The standard InChI is InChI=1S/C45H74N2O15/c1-17-19-54-44(12)21-23(3)34(50)25(5)37-45(13,62-42(52)46-37)32(18-2)59-40(51)27(7)35(60-33-22-43(11,53-16)39(28(8)56-33)58-30(10)49)26(6)38(44)61-41-36(57-29(9)48)31(47(14)15)20-24(4)55-41/h17,23-28,31-33,35-39,41H,1,18-22H2,2-16H3,(H,46,52)/t23-,24-,25+,26+,27-,28+,31+,32-,33+,35+,36-,37-,38-,39+,41+,43-,44+,45-/m1/s1. The van der Waals surface area contributed by atoms with Crippen LogP contribution in [-0.2, 0) is 66.5 Å². The molecule has 0 radical (unpaired) electrons. The first kappa shape index (κ1) is 51.4. The predicted molar refractivity (Wildman–Crippen MR) is 224 cm³/mol. The molecule has 0 aromatic rings. The molecule has 0 saturated carbocycles. The number of nitrogens with zero attached hydrogens (tertiary/aromatic N) is 1. The molecule has 17 heteroatoms. The van der Waals surface area contributed by atoms with Gasteiger partial charge in [-0.3, -0.25) is 19.2 Å². The monoisotopic (exact) mass is 883 g/mol. The van der Waals surface area contributed by atoms with E-state index in [1.54, 1.807) is 47.6 Å². The van der Waals surface area contributed by atoms with Crippen LogP contribution in [-0.4, -0.2) is 147 Å². The number of esters is 3. The first-order valence-electron chi connectivity index (χ1n) is 22.0. The molecule has 1 amide bonds. The van der Waals surface area contributed by atoms with Crippen LogP contribution in [0, 0.1) is 23.7 Å². The number of hydrogen-bond acceptors (Lipinski definition) is 16. The highest BCUT2D eigenvalue weighted by atomic mass is 16.7. The molecule has 4 aliphatic rings. The van der Waals surface area contributed by atoms with Crippen LogP contribution in [0.5, 0.6) is 0 Å². The lowest BCUT2D eigenvalue weighted by molar-refractivity contribution is -0.321. The van der Waals surface area contributed by atoms with E-state index < -0.39 is 120 Å². The van der Waals surface area contributed by atoms with E-state index in [9.17, 15) is 24.0 Å². The number of Topliss-reactive ketones (excluding diaryl/α,β-unsaturated/α-hetero) is 1. The molecule has 0 spiro atoms. The van der Waals surface area contributed by atoms with Gasteiger partial charge in [0, 0.05) is 45.1 Å². The molecular formula is C45H74N2O15. The van der Waals surface area contributed by atoms with Gasteiger partial charge in [0.1, 0.15) is 17.5 Å². The predicted octanol–water partition coefficient (Wildman–Crippen LogP) is 4.89. The Bertz CT molecular complexity index is 1610. The summed E-state index contributed by atoms with van der Waals surface area (Å²) in [6.07, 6.45) is -6.06. The number of nitrogens with one attached hydrogen (secondary N) is 1. The average Bonchev–Trinajstić information content (AvgIpc) is 3.51. The summed E-state index contributed by atoms with van der Waals surface area (Å²) in [6, 6.07) is -1.15. The van der Waals surface area contributed by atoms with E-state index in [4.69, 9.17) is 47.4 Å². The number of amides is 1. The maximum absolute atomic E-state index is 14.7. The Balaban J connectivity index is 1.95. The van der Waals surface area contributed by atoms with Crippen LogP contribution < -0.4 is 5.32 Å². The number of rotatable bonds is 12. The van der Waals surface area contributed by atoms with Crippen molar-refractivity contribution in [1.82, 2.24) is 10.2 Å². The first-order valence-corrected chi connectivity index (χ1v) is 22.0. The van der Waals surface area contributed by atoms with Crippen molar-refractivity contribution in [3.05, 3.63) is 12.7 Å². The second-order valence-corrected chi connectivity index (χ2v) is 18.7. The van der Waals surface area contributed by atoms with Crippen LogP contribution in [0.1, 0.15) is 109 Å². The molecule has 0 aliphatic carbocycles. The number of ether oxygens (including phenoxy) is 10. The highest BCUT2D eigenvalue weighted by Crippen LogP contribution is 2.43. The van der Waals surface area contributed by atoms with Gasteiger partial charge in [-0.05, 0) is 74.9 Å². The zero-order valence-electron chi connectivity index (χ0n) is 39.6. The third-order valence-electron chi connectivity index (χ3n) is 13.5. The van der Waals surface area contributed by atoms with Gasteiger partial charge in [0.05, 0.1) is 54.6 Å². The molecule has 62 heavy (non-hydrogen) atoms. The Morgan fingerprint density at radius 2 is 1.53 bits per heavy atom. The fraction of sp³-hybridized carbons (Fsp3) is 0.844. The van der Waals surface area contributed by atoms with E-state index in [1.165, 1.54) is 21.0 Å². The molecule has 0 unspecified atom stereocenters. The number of likely N-dealkylation sites (N-methyl/N-ethyl adjacent to an activating group) is 1. The normalized spacial score (nSPS) is 43.4. The van der Waals surface area contributed by atoms with Crippen LogP contribution in [0.3, 0.4) is 0 Å². The van der Waals surface area contributed by atoms with Crippen molar-refractivity contribution < 1.29 is 71.3 Å². The van der Waals surface area contributed by atoms with Crippen molar-refractivity contribution in [1.29, 1.82) is 0 Å². The molecule has 1 N–H and O–H groups in total. The third-order valence-corrected chi connectivity index (χ3v) is 13.5. The summed E-state index contributed by atoms with van der Waals surface area (Å²) in [5, 5.41) is 2.84. The number of methoxy groups -OCH3 is 1. The fourth-order valence-electron chi connectivity index (χ4n) is 10.2. The lowest BCUT2D eigenvalue weighted by Crippen LogP contribution is -2.62. The number of ketones is 1. The maximum Gasteiger partial charge on any atom is 0.408 e. The van der Waals surface area contributed by atoms with Gasteiger partial charge in [-0.15, -0.1) is 6.58 Å². The quantitative estimate of drug-likeness (QED) is 0.158. The van der Waals surface area contributed by atoms with E-state index in [1.807, 2.05) is 46.7 Å². The molecule has 0 aromatic heterocycles. The molecular weight excluding hydrogens is 808 g/mol. The molecule has 354 valence electrons. The van der Waals surface area contributed by atoms with Crippen molar-refractivity contribution in [2.45, 2.75) is 193 Å². The van der Waals surface area contributed by atoms with Crippen molar-refractivity contribution in [2.24, 2.45) is 23.7 Å². The molecule has 0 bridgehead atoms. The summed E-state index contributed by atoms with van der Waals surface area (Å²) in [4.78, 5) is 69.2. The number of alkyl carbamates (subject to hydrolysis) is 1. The molecule has 0 aromatic carbocycles. The average molecular weight is 883 g/mol. The van der Waals surface area contributed by atoms with Crippen LogP contribution >= 0.6 is 0 Å². The first-order chi connectivity index (χ1) is 28.9. The van der Waals surface area contributed by atoms with E-state index in [2.05, 4.69) is 11.9 Å². The van der Waals surface area contributed by atoms with Crippen molar-refractivity contribution in [3.8, 4) is 0 Å². The fourth-order valence-corrected chi connectivity index (χ4v) is 10.2.